The third kappa shape index (κ3) is 5.90. The largest absolute Gasteiger partial charge is 0.395 e. The molecule has 1 aromatic heterocycles. The second-order valence-corrected chi connectivity index (χ2v) is 7.20. The van der Waals surface area contributed by atoms with Crippen LogP contribution in [0.15, 0.2) is 24.4 Å². The van der Waals surface area contributed by atoms with E-state index < -0.39 is 10.0 Å². The van der Waals surface area contributed by atoms with Crippen molar-refractivity contribution in [2.24, 2.45) is 0 Å². The lowest BCUT2D eigenvalue weighted by Gasteiger charge is -2.21. The van der Waals surface area contributed by atoms with Crippen LogP contribution in [-0.4, -0.2) is 48.4 Å². The Morgan fingerprint density at radius 3 is 2.74 bits per heavy atom. The maximum absolute atomic E-state index is 11.9. The highest BCUT2D eigenvalue weighted by molar-refractivity contribution is 7.99. The van der Waals surface area contributed by atoms with E-state index in [1.165, 1.54) is 11.8 Å². The number of pyridine rings is 1. The lowest BCUT2D eigenvalue weighted by atomic mass is 10.3. The highest BCUT2D eigenvalue weighted by Crippen LogP contribution is 2.11. The molecule has 0 aliphatic carbocycles. The lowest BCUT2D eigenvalue weighted by Crippen LogP contribution is -2.42. The Hall–Kier alpha value is -0.630. The van der Waals surface area contributed by atoms with Crippen LogP contribution in [-0.2, 0) is 16.4 Å². The van der Waals surface area contributed by atoms with Crippen molar-refractivity contribution in [3.8, 4) is 0 Å². The van der Waals surface area contributed by atoms with Crippen molar-refractivity contribution in [1.82, 2.24) is 9.71 Å². The van der Waals surface area contributed by atoms with Crippen molar-refractivity contribution in [2.75, 3.05) is 18.6 Å². The van der Waals surface area contributed by atoms with Crippen molar-refractivity contribution in [2.45, 2.75) is 24.6 Å². The Kier molecular flexibility index (Phi) is 6.78. The molecule has 0 saturated heterocycles. The van der Waals surface area contributed by atoms with E-state index in [2.05, 4.69) is 9.71 Å². The van der Waals surface area contributed by atoms with E-state index in [1.54, 1.807) is 25.3 Å². The standard InChI is InChI=1S/C12H20N2O3S2/c1-10(12(9-15)18-2)14-19(16,17)8-6-11-5-3-4-7-13-11/h3-5,7,10,12,14-15H,6,8-9H2,1-2H3. The third-order valence-electron chi connectivity index (χ3n) is 2.76. The van der Waals surface area contributed by atoms with Gasteiger partial charge < -0.3 is 5.11 Å². The second kappa shape index (κ2) is 7.84. The minimum Gasteiger partial charge on any atom is -0.395 e. The number of aromatic nitrogens is 1. The van der Waals surface area contributed by atoms with E-state index in [0.717, 1.165) is 5.69 Å². The molecule has 2 unspecified atom stereocenters. The fourth-order valence-electron chi connectivity index (χ4n) is 1.64. The number of hydrogen-bond donors (Lipinski definition) is 2. The number of aliphatic hydroxyl groups excluding tert-OH is 1. The van der Waals surface area contributed by atoms with E-state index in [4.69, 9.17) is 5.11 Å². The first-order valence-electron chi connectivity index (χ1n) is 6.02. The minimum absolute atomic E-state index is 0.000876. The number of rotatable bonds is 8. The van der Waals surface area contributed by atoms with Crippen molar-refractivity contribution >= 4 is 21.8 Å². The van der Waals surface area contributed by atoms with E-state index in [9.17, 15) is 8.42 Å². The van der Waals surface area contributed by atoms with Crippen LogP contribution in [0.2, 0.25) is 0 Å². The molecule has 0 saturated carbocycles. The first kappa shape index (κ1) is 16.4. The monoisotopic (exact) mass is 304 g/mol. The summed E-state index contributed by atoms with van der Waals surface area (Å²) < 4.78 is 26.4. The van der Waals surface area contributed by atoms with Crippen LogP contribution in [0.4, 0.5) is 0 Å². The van der Waals surface area contributed by atoms with E-state index in [-0.39, 0.29) is 23.7 Å². The molecule has 1 rings (SSSR count). The van der Waals surface area contributed by atoms with Crippen LogP contribution in [0.25, 0.3) is 0 Å². The number of nitrogens with zero attached hydrogens (tertiary/aromatic N) is 1. The normalized spacial score (nSPS) is 15.1. The van der Waals surface area contributed by atoms with E-state index in [0.29, 0.717) is 6.42 Å². The summed E-state index contributed by atoms with van der Waals surface area (Å²) in [5.41, 5.74) is 0.754. The molecule has 0 aromatic carbocycles. The average molecular weight is 304 g/mol. The quantitative estimate of drug-likeness (QED) is 0.737. The number of thioether (sulfide) groups is 1. The zero-order chi connectivity index (χ0) is 14.3. The number of nitrogens with one attached hydrogen (secondary N) is 1. The van der Waals surface area contributed by atoms with Gasteiger partial charge in [-0.05, 0) is 25.3 Å². The molecular formula is C12H20N2O3S2. The summed E-state index contributed by atoms with van der Waals surface area (Å²) in [6.45, 7) is 1.71. The van der Waals surface area contributed by atoms with Gasteiger partial charge in [0.2, 0.25) is 10.0 Å². The summed E-state index contributed by atoms with van der Waals surface area (Å²) in [7, 11) is -3.36. The van der Waals surface area contributed by atoms with Crippen molar-refractivity contribution in [3.63, 3.8) is 0 Å². The van der Waals surface area contributed by atoms with Gasteiger partial charge in [0.1, 0.15) is 0 Å². The van der Waals surface area contributed by atoms with Crippen LogP contribution in [0.1, 0.15) is 12.6 Å². The molecule has 1 aromatic rings. The van der Waals surface area contributed by atoms with Gasteiger partial charge in [-0.3, -0.25) is 4.98 Å². The maximum Gasteiger partial charge on any atom is 0.212 e. The van der Waals surface area contributed by atoms with Crippen molar-refractivity contribution in [1.29, 1.82) is 0 Å². The van der Waals surface area contributed by atoms with E-state index in [1.807, 2.05) is 12.3 Å². The molecule has 1 heterocycles. The molecule has 2 atom stereocenters. The summed E-state index contributed by atoms with van der Waals surface area (Å²) in [5.74, 6) is 0.000876. The molecule has 2 N–H and O–H groups in total. The van der Waals surface area contributed by atoms with Crippen molar-refractivity contribution in [3.05, 3.63) is 30.1 Å². The molecular weight excluding hydrogens is 284 g/mol. The second-order valence-electron chi connectivity index (χ2n) is 4.25. The summed E-state index contributed by atoms with van der Waals surface area (Å²) >= 11 is 1.44. The molecule has 108 valence electrons. The first-order valence-corrected chi connectivity index (χ1v) is 8.96. The summed E-state index contributed by atoms with van der Waals surface area (Å²) in [6, 6.07) is 5.13. The summed E-state index contributed by atoms with van der Waals surface area (Å²) in [5, 5.41) is 9.00. The fraction of sp³-hybridized carbons (Fsp3) is 0.583. The van der Waals surface area contributed by atoms with Crippen LogP contribution < -0.4 is 4.72 Å². The first-order chi connectivity index (χ1) is 8.98. The third-order valence-corrected chi connectivity index (χ3v) is 5.39. The maximum atomic E-state index is 11.9. The Bertz CT molecular complexity index is 461. The van der Waals surface area contributed by atoms with Gasteiger partial charge in [0.05, 0.1) is 12.4 Å². The molecule has 7 heteroatoms. The molecule has 0 amide bonds. The summed E-state index contributed by atoms with van der Waals surface area (Å²) in [4.78, 5) is 4.09. The Morgan fingerprint density at radius 2 is 2.21 bits per heavy atom. The molecule has 0 spiro atoms. The van der Waals surface area contributed by atoms with Crippen molar-refractivity contribution < 1.29 is 13.5 Å². The van der Waals surface area contributed by atoms with Gasteiger partial charge in [-0.15, -0.1) is 0 Å². The minimum atomic E-state index is -3.36. The Labute approximate surface area is 118 Å². The van der Waals surface area contributed by atoms with Crippen LogP contribution in [0, 0.1) is 0 Å². The smallest absolute Gasteiger partial charge is 0.212 e. The number of sulfonamides is 1. The zero-order valence-electron chi connectivity index (χ0n) is 11.1. The van der Waals surface area contributed by atoms with Gasteiger partial charge in [-0.2, -0.15) is 11.8 Å². The lowest BCUT2D eigenvalue weighted by molar-refractivity contribution is 0.282. The molecule has 0 aliphatic heterocycles. The highest BCUT2D eigenvalue weighted by Gasteiger charge is 2.21. The molecule has 0 aliphatic rings. The van der Waals surface area contributed by atoms with E-state index >= 15 is 0 Å². The molecule has 5 nitrogen and oxygen atoms in total. The predicted molar refractivity (Wildman–Crippen MR) is 78.7 cm³/mol. The van der Waals surface area contributed by atoms with Gasteiger partial charge in [0, 0.05) is 29.6 Å². The van der Waals surface area contributed by atoms with Gasteiger partial charge in [0.15, 0.2) is 0 Å². The summed E-state index contributed by atoms with van der Waals surface area (Å²) in [6.07, 6.45) is 3.87. The van der Waals surface area contributed by atoms with Gasteiger partial charge >= 0.3 is 0 Å². The van der Waals surface area contributed by atoms with Gasteiger partial charge in [-0.1, -0.05) is 6.07 Å². The van der Waals surface area contributed by atoms with Gasteiger partial charge in [-0.25, -0.2) is 13.1 Å². The average Bonchev–Trinajstić information content (AvgIpc) is 2.38. The molecule has 19 heavy (non-hydrogen) atoms. The Morgan fingerprint density at radius 1 is 1.47 bits per heavy atom. The zero-order valence-corrected chi connectivity index (χ0v) is 12.7. The topological polar surface area (TPSA) is 79.3 Å². The van der Waals surface area contributed by atoms with Crippen LogP contribution in [0.3, 0.4) is 0 Å². The molecule has 0 radical (unpaired) electrons. The number of aliphatic hydroxyl groups is 1. The fourth-order valence-corrected chi connectivity index (χ4v) is 3.68. The predicted octanol–water partition coefficient (Wildman–Crippen LogP) is 0.656. The molecule has 0 bridgehead atoms. The highest BCUT2D eigenvalue weighted by atomic mass is 32.2. The van der Waals surface area contributed by atoms with Crippen LogP contribution >= 0.6 is 11.8 Å². The SMILES string of the molecule is CSC(CO)C(C)NS(=O)(=O)CCc1ccccn1. The molecule has 0 fully saturated rings. The number of aryl methyl sites for hydroxylation is 1. The number of hydrogen-bond acceptors (Lipinski definition) is 5. The Balaban J connectivity index is 2.52. The van der Waals surface area contributed by atoms with Crippen LogP contribution in [0.5, 0.6) is 0 Å². The van der Waals surface area contributed by atoms with Gasteiger partial charge in [0.25, 0.3) is 0 Å².